The van der Waals surface area contributed by atoms with Crippen molar-refractivity contribution in [3.8, 4) is 5.75 Å². The summed E-state index contributed by atoms with van der Waals surface area (Å²) in [5.74, 6) is 0.114. The number of hydrogen-bond donors (Lipinski definition) is 1. The Kier molecular flexibility index (Phi) is 7.89. The molecule has 0 unspecified atom stereocenters. The van der Waals surface area contributed by atoms with Gasteiger partial charge in [-0.05, 0) is 42.8 Å². The van der Waals surface area contributed by atoms with Crippen molar-refractivity contribution in [2.45, 2.75) is 32.6 Å². The van der Waals surface area contributed by atoms with Gasteiger partial charge in [0.1, 0.15) is 0 Å². The van der Waals surface area contributed by atoms with E-state index in [1.807, 2.05) is 0 Å². The average Bonchev–Trinajstić information content (AvgIpc) is 2.58. The molecule has 0 atom stereocenters. The summed E-state index contributed by atoms with van der Waals surface area (Å²) < 4.78 is 5.67. The summed E-state index contributed by atoms with van der Waals surface area (Å²) in [6.07, 6.45) is 4.39. The van der Waals surface area contributed by atoms with E-state index in [2.05, 4.69) is 12.2 Å². The van der Waals surface area contributed by atoms with Crippen LogP contribution in [0.5, 0.6) is 5.75 Å². The second-order valence-electron chi connectivity index (χ2n) is 5.64. The fourth-order valence-electron chi connectivity index (χ4n) is 2.27. The van der Waals surface area contributed by atoms with Crippen LogP contribution in [0.3, 0.4) is 0 Å². The van der Waals surface area contributed by atoms with Gasteiger partial charge in [0.2, 0.25) is 0 Å². The first-order valence-corrected chi connectivity index (χ1v) is 9.33. The van der Waals surface area contributed by atoms with Gasteiger partial charge in [0, 0.05) is 16.3 Å². The number of benzene rings is 2. The van der Waals surface area contributed by atoms with Crippen molar-refractivity contribution in [3.63, 3.8) is 0 Å². The summed E-state index contributed by atoms with van der Waals surface area (Å²) in [6.45, 7) is 2.71. The summed E-state index contributed by atoms with van der Waals surface area (Å²) in [5, 5.41) is 4.02. The highest BCUT2D eigenvalue weighted by Gasteiger charge is 2.14. The third-order valence-electron chi connectivity index (χ3n) is 3.61. The van der Waals surface area contributed by atoms with Crippen LogP contribution in [0.4, 0.5) is 5.69 Å². The Morgan fingerprint density at radius 2 is 1.64 bits per heavy atom. The Hall–Kier alpha value is -1.42. The SMILES string of the molecule is CCCCCCOc1c(Cl)cc(C(=O)Nc2ccc(Cl)cc2)cc1Cl. The molecule has 2 aromatic carbocycles. The molecule has 0 heterocycles. The Morgan fingerprint density at radius 3 is 2.24 bits per heavy atom. The number of carbonyl (C=O) groups is 1. The van der Waals surface area contributed by atoms with Crippen LogP contribution < -0.4 is 10.1 Å². The molecule has 1 amide bonds. The highest BCUT2D eigenvalue weighted by atomic mass is 35.5. The van der Waals surface area contributed by atoms with Gasteiger partial charge in [-0.15, -0.1) is 0 Å². The number of carbonyl (C=O) groups excluding carboxylic acids is 1. The number of anilines is 1. The van der Waals surface area contributed by atoms with Crippen molar-refractivity contribution in [3.05, 3.63) is 57.0 Å². The largest absolute Gasteiger partial charge is 0.490 e. The number of rotatable bonds is 8. The molecule has 0 aliphatic heterocycles. The molecule has 134 valence electrons. The van der Waals surface area contributed by atoms with E-state index in [4.69, 9.17) is 39.5 Å². The number of unbranched alkanes of at least 4 members (excludes halogenated alkanes) is 3. The molecule has 0 aliphatic rings. The molecule has 1 N–H and O–H groups in total. The zero-order valence-electron chi connectivity index (χ0n) is 14.0. The normalized spacial score (nSPS) is 10.6. The van der Waals surface area contributed by atoms with Crippen LogP contribution in [0.15, 0.2) is 36.4 Å². The quantitative estimate of drug-likeness (QED) is 0.492. The van der Waals surface area contributed by atoms with Crippen molar-refractivity contribution in [2.75, 3.05) is 11.9 Å². The van der Waals surface area contributed by atoms with Gasteiger partial charge in [-0.2, -0.15) is 0 Å². The van der Waals surface area contributed by atoms with Gasteiger partial charge >= 0.3 is 0 Å². The van der Waals surface area contributed by atoms with Crippen LogP contribution in [-0.4, -0.2) is 12.5 Å². The lowest BCUT2D eigenvalue weighted by molar-refractivity contribution is 0.102. The zero-order valence-corrected chi connectivity index (χ0v) is 16.2. The summed E-state index contributed by atoms with van der Waals surface area (Å²) in [7, 11) is 0. The molecule has 0 radical (unpaired) electrons. The molecule has 25 heavy (non-hydrogen) atoms. The lowest BCUT2D eigenvalue weighted by atomic mass is 10.2. The minimum Gasteiger partial charge on any atom is -0.490 e. The second kappa shape index (κ2) is 9.91. The smallest absolute Gasteiger partial charge is 0.255 e. The van der Waals surface area contributed by atoms with E-state index in [1.54, 1.807) is 36.4 Å². The minimum absolute atomic E-state index is 0.305. The lowest BCUT2D eigenvalue weighted by Crippen LogP contribution is -2.12. The molecule has 0 aliphatic carbocycles. The van der Waals surface area contributed by atoms with Crippen molar-refractivity contribution in [1.29, 1.82) is 0 Å². The molecule has 6 heteroatoms. The van der Waals surface area contributed by atoms with Gasteiger partial charge < -0.3 is 10.1 Å². The van der Waals surface area contributed by atoms with Crippen LogP contribution in [-0.2, 0) is 0 Å². The van der Waals surface area contributed by atoms with Gasteiger partial charge in [0.15, 0.2) is 5.75 Å². The Labute approximate surface area is 163 Å². The first-order chi connectivity index (χ1) is 12.0. The second-order valence-corrected chi connectivity index (χ2v) is 6.89. The lowest BCUT2D eigenvalue weighted by Gasteiger charge is -2.12. The van der Waals surface area contributed by atoms with Crippen LogP contribution in [0, 0.1) is 0 Å². The highest BCUT2D eigenvalue weighted by Crippen LogP contribution is 2.34. The van der Waals surface area contributed by atoms with E-state index >= 15 is 0 Å². The van der Waals surface area contributed by atoms with E-state index in [-0.39, 0.29) is 5.91 Å². The third-order valence-corrected chi connectivity index (χ3v) is 4.42. The van der Waals surface area contributed by atoms with E-state index < -0.39 is 0 Å². The Balaban J connectivity index is 2.02. The van der Waals surface area contributed by atoms with Crippen molar-refractivity contribution in [2.24, 2.45) is 0 Å². The number of amides is 1. The van der Waals surface area contributed by atoms with E-state index in [9.17, 15) is 4.79 Å². The Bertz CT molecular complexity index is 694. The highest BCUT2D eigenvalue weighted by molar-refractivity contribution is 6.37. The van der Waals surface area contributed by atoms with Crippen LogP contribution in [0.2, 0.25) is 15.1 Å². The zero-order chi connectivity index (χ0) is 18.2. The Morgan fingerprint density at radius 1 is 1.00 bits per heavy atom. The molecule has 0 fully saturated rings. The average molecular weight is 401 g/mol. The first-order valence-electron chi connectivity index (χ1n) is 8.20. The molecule has 2 rings (SSSR count). The standard InChI is InChI=1S/C19H20Cl3NO2/c1-2-3-4-5-10-25-18-16(21)11-13(12-17(18)22)19(24)23-15-8-6-14(20)7-9-15/h6-9,11-12H,2-5,10H2,1H3,(H,23,24). The number of hydrogen-bond acceptors (Lipinski definition) is 2. The summed E-state index contributed by atoms with van der Waals surface area (Å²) in [4.78, 5) is 12.3. The van der Waals surface area contributed by atoms with Gasteiger partial charge in [-0.25, -0.2) is 0 Å². The molecule has 0 spiro atoms. The molecule has 0 bridgehead atoms. The maximum absolute atomic E-state index is 12.3. The predicted octanol–water partition coefficient (Wildman–Crippen LogP) is 6.86. The van der Waals surface area contributed by atoms with Crippen molar-refractivity contribution >= 4 is 46.4 Å². The molecular weight excluding hydrogens is 381 g/mol. The van der Waals surface area contributed by atoms with Gasteiger partial charge in [0.05, 0.1) is 16.7 Å². The van der Waals surface area contributed by atoms with Crippen LogP contribution in [0.1, 0.15) is 43.0 Å². The van der Waals surface area contributed by atoms with Gasteiger partial charge in [-0.3, -0.25) is 4.79 Å². The molecule has 0 saturated heterocycles. The van der Waals surface area contributed by atoms with Gasteiger partial charge in [0.25, 0.3) is 5.91 Å². The summed E-state index contributed by atoms with van der Waals surface area (Å²) >= 11 is 18.3. The number of ether oxygens (including phenoxy) is 1. The fourth-order valence-corrected chi connectivity index (χ4v) is 2.99. The summed E-state index contributed by atoms with van der Waals surface area (Å²) in [6, 6.07) is 9.95. The van der Waals surface area contributed by atoms with E-state index in [1.165, 1.54) is 12.8 Å². The van der Waals surface area contributed by atoms with Crippen molar-refractivity contribution < 1.29 is 9.53 Å². The van der Waals surface area contributed by atoms with Crippen LogP contribution >= 0.6 is 34.8 Å². The summed E-state index contributed by atoms with van der Waals surface area (Å²) in [5.41, 5.74) is 1.00. The monoisotopic (exact) mass is 399 g/mol. The molecule has 0 aromatic heterocycles. The molecular formula is C19H20Cl3NO2. The minimum atomic E-state index is -0.305. The predicted molar refractivity (Wildman–Crippen MR) is 106 cm³/mol. The molecule has 2 aromatic rings. The van der Waals surface area contributed by atoms with Gasteiger partial charge in [-0.1, -0.05) is 61.0 Å². The van der Waals surface area contributed by atoms with E-state index in [0.717, 1.165) is 12.8 Å². The maximum atomic E-state index is 12.3. The first kappa shape index (κ1) is 19.9. The van der Waals surface area contributed by atoms with Crippen molar-refractivity contribution in [1.82, 2.24) is 0 Å². The van der Waals surface area contributed by atoms with E-state index in [0.29, 0.717) is 38.7 Å². The van der Waals surface area contributed by atoms with Crippen LogP contribution in [0.25, 0.3) is 0 Å². The topological polar surface area (TPSA) is 38.3 Å². The number of nitrogens with one attached hydrogen (secondary N) is 1. The third kappa shape index (κ3) is 6.10. The maximum Gasteiger partial charge on any atom is 0.255 e. The molecule has 3 nitrogen and oxygen atoms in total. The number of halogens is 3. The molecule has 0 saturated carbocycles. The fraction of sp³-hybridized carbons (Fsp3) is 0.316.